The molecule has 0 saturated heterocycles. The lowest BCUT2D eigenvalue weighted by molar-refractivity contribution is 0.0951. The Bertz CT molecular complexity index is 440. The molecule has 2 N–H and O–H groups in total. The van der Waals surface area contributed by atoms with Crippen LogP contribution in [-0.4, -0.2) is 30.5 Å². The van der Waals surface area contributed by atoms with Crippen LogP contribution in [0, 0.1) is 6.92 Å². The molecule has 4 nitrogen and oxygen atoms in total. The zero-order valence-corrected chi connectivity index (χ0v) is 9.99. The zero-order valence-electron chi connectivity index (χ0n) is 9.99. The molecule has 17 heavy (non-hydrogen) atoms. The van der Waals surface area contributed by atoms with Gasteiger partial charge in [0.15, 0.2) is 0 Å². The summed E-state index contributed by atoms with van der Waals surface area (Å²) in [7, 11) is 0. The Morgan fingerprint density at radius 2 is 2.41 bits per heavy atom. The minimum atomic E-state index is -0.104. The number of aromatic nitrogens is 1. The van der Waals surface area contributed by atoms with Crippen molar-refractivity contribution in [2.45, 2.75) is 13.3 Å². The molecule has 0 aliphatic carbocycles. The normalized spacial score (nSPS) is 15.2. The van der Waals surface area contributed by atoms with Crippen LogP contribution >= 0.6 is 0 Å². The number of pyridine rings is 1. The SMILES string of the molecule is Cc1cccc(C(=O)NCC2=CCNCC2)n1. The van der Waals surface area contributed by atoms with Crippen LogP contribution in [0.1, 0.15) is 22.6 Å². The lowest BCUT2D eigenvalue weighted by Gasteiger charge is -2.14. The predicted molar refractivity (Wildman–Crippen MR) is 66.9 cm³/mol. The average Bonchev–Trinajstić information content (AvgIpc) is 2.37. The molecular formula is C13H17N3O. The fourth-order valence-electron chi connectivity index (χ4n) is 1.78. The second kappa shape index (κ2) is 5.59. The molecule has 1 aliphatic heterocycles. The first-order valence-electron chi connectivity index (χ1n) is 5.86. The number of hydrogen-bond acceptors (Lipinski definition) is 3. The van der Waals surface area contributed by atoms with Crippen LogP contribution < -0.4 is 10.6 Å². The highest BCUT2D eigenvalue weighted by atomic mass is 16.1. The van der Waals surface area contributed by atoms with Crippen LogP contribution in [0.15, 0.2) is 29.8 Å². The van der Waals surface area contributed by atoms with E-state index < -0.39 is 0 Å². The summed E-state index contributed by atoms with van der Waals surface area (Å²) in [4.78, 5) is 16.0. The fourth-order valence-corrected chi connectivity index (χ4v) is 1.78. The summed E-state index contributed by atoms with van der Waals surface area (Å²) in [5.41, 5.74) is 2.63. The molecule has 0 saturated carbocycles. The van der Waals surface area contributed by atoms with Crippen molar-refractivity contribution in [3.63, 3.8) is 0 Å². The van der Waals surface area contributed by atoms with Gasteiger partial charge in [-0.05, 0) is 32.0 Å². The number of rotatable bonds is 3. The van der Waals surface area contributed by atoms with E-state index in [-0.39, 0.29) is 5.91 Å². The van der Waals surface area contributed by atoms with E-state index in [1.54, 1.807) is 6.07 Å². The van der Waals surface area contributed by atoms with Crippen molar-refractivity contribution in [3.05, 3.63) is 41.2 Å². The standard InChI is InChI=1S/C13H17N3O/c1-10-3-2-4-12(16-10)13(17)15-9-11-5-7-14-8-6-11/h2-5,14H,6-9H2,1H3,(H,15,17). The maximum absolute atomic E-state index is 11.8. The smallest absolute Gasteiger partial charge is 0.270 e. The van der Waals surface area contributed by atoms with E-state index in [4.69, 9.17) is 0 Å². The van der Waals surface area contributed by atoms with E-state index >= 15 is 0 Å². The van der Waals surface area contributed by atoms with Crippen molar-refractivity contribution in [3.8, 4) is 0 Å². The van der Waals surface area contributed by atoms with Crippen molar-refractivity contribution < 1.29 is 4.79 Å². The Kier molecular flexibility index (Phi) is 3.88. The van der Waals surface area contributed by atoms with Crippen molar-refractivity contribution in [1.29, 1.82) is 0 Å². The van der Waals surface area contributed by atoms with E-state index in [9.17, 15) is 4.79 Å². The third-order valence-electron chi connectivity index (χ3n) is 2.75. The molecule has 0 aromatic carbocycles. The molecule has 1 amide bonds. The van der Waals surface area contributed by atoms with Crippen molar-refractivity contribution >= 4 is 5.91 Å². The van der Waals surface area contributed by atoms with Gasteiger partial charge in [-0.3, -0.25) is 4.79 Å². The minimum absolute atomic E-state index is 0.104. The summed E-state index contributed by atoms with van der Waals surface area (Å²) >= 11 is 0. The molecule has 2 heterocycles. The van der Waals surface area contributed by atoms with Crippen molar-refractivity contribution in [2.24, 2.45) is 0 Å². The van der Waals surface area contributed by atoms with Crippen LogP contribution in [-0.2, 0) is 0 Å². The second-order valence-electron chi connectivity index (χ2n) is 4.16. The summed E-state index contributed by atoms with van der Waals surface area (Å²) in [6.45, 7) is 4.39. The second-order valence-corrected chi connectivity index (χ2v) is 4.16. The molecule has 4 heteroatoms. The topological polar surface area (TPSA) is 54.0 Å². The van der Waals surface area contributed by atoms with Gasteiger partial charge in [-0.1, -0.05) is 17.7 Å². The number of carbonyl (C=O) groups excluding carboxylic acids is 1. The van der Waals surface area contributed by atoms with Gasteiger partial charge in [-0.2, -0.15) is 0 Å². The van der Waals surface area contributed by atoms with Crippen LogP contribution in [0.25, 0.3) is 0 Å². The minimum Gasteiger partial charge on any atom is -0.347 e. The monoisotopic (exact) mass is 231 g/mol. The molecule has 0 unspecified atom stereocenters. The molecule has 90 valence electrons. The molecule has 0 radical (unpaired) electrons. The van der Waals surface area contributed by atoms with Gasteiger partial charge >= 0.3 is 0 Å². The van der Waals surface area contributed by atoms with E-state index in [0.29, 0.717) is 12.2 Å². The number of carbonyl (C=O) groups is 1. The summed E-state index contributed by atoms with van der Waals surface area (Å²) < 4.78 is 0. The van der Waals surface area contributed by atoms with Crippen LogP contribution in [0.4, 0.5) is 0 Å². The summed E-state index contributed by atoms with van der Waals surface area (Å²) in [5, 5.41) is 6.14. The number of amides is 1. The third kappa shape index (κ3) is 3.39. The Morgan fingerprint density at radius 1 is 1.53 bits per heavy atom. The summed E-state index contributed by atoms with van der Waals surface area (Å²) in [5.74, 6) is -0.104. The molecule has 0 fully saturated rings. The first kappa shape index (κ1) is 11.8. The maximum atomic E-state index is 11.8. The number of nitrogens with one attached hydrogen (secondary N) is 2. The predicted octanol–water partition coefficient (Wildman–Crippen LogP) is 1.04. The van der Waals surface area contributed by atoms with Crippen molar-refractivity contribution in [1.82, 2.24) is 15.6 Å². The number of aryl methyl sites for hydroxylation is 1. The Morgan fingerprint density at radius 3 is 3.12 bits per heavy atom. The molecule has 0 bridgehead atoms. The first-order chi connectivity index (χ1) is 8.25. The molecular weight excluding hydrogens is 214 g/mol. The molecule has 1 aromatic rings. The highest BCUT2D eigenvalue weighted by molar-refractivity contribution is 5.92. The van der Waals surface area contributed by atoms with Crippen LogP contribution in [0.5, 0.6) is 0 Å². The Labute approximate surface area is 101 Å². The van der Waals surface area contributed by atoms with Gasteiger partial charge in [-0.25, -0.2) is 4.98 Å². The van der Waals surface area contributed by atoms with Crippen LogP contribution in [0.2, 0.25) is 0 Å². The third-order valence-corrected chi connectivity index (χ3v) is 2.75. The molecule has 1 aromatic heterocycles. The van der Waals surface area contributed by atoms with Crippen LogP contribution in [0.3, 0.4) is 0 Å². The largest absolute Gasteiger partial charge is 0.347 e. The maximum Gasteiger partial charge on any atom is 0.270 e. The highest BCUT2D eigenvalue weighted by Gasteiger charge is 2.08. The average molecular weight is 231 g/mol. The highest BCUT2D eigenvalue weighted by Crippen LogP contribution is 2.03. The Balaban J connectivity index is 1.91. The molecule has 0 atom stereocenters. The molecule has 2 rings (SSSR count). The molecule has 1 aliphatic rings. The van der Waals surface area contributed by atoms with Gasteiger partial charge in [0, 0.05) is 18.8 Å². The van der Waals surface area contributed by atoms with Gasteiger partial charge in [0.2, 0.25) is 0 Å². The lowest BCUT2D eigenvalue weighted by atomic mass is 10.1. The van der Waals surface area contributed by atoms with Gasteiger partial charge in [0.1, 0.15) is 5.69 Å². The van der Waals surface area contributed by atoms with E-state index in [1.165, 1.54) is 5.57 Å². The summed E-state index contributed by atoms with van der Waals surface area (Å²) in [6, 6.07) is 5.46. The van der Waals surface area contributed by atoms with E-state index in [0.717, 1.165) is 25.2 Å². The molecule has 0 spiro atoms. The van der Waals surface area contributed by atoms with Gasteiger partial charge in [0.25, 0.3) is 5.91 Å². The van der Waals surface area contributed by atoms with E-state index in [2.05, 4.69) is 21.7 Å². The lowest BCUT2D eigenvalue weighted by Crippen LogP contribution is -2.30. The number of nitrogens with zero attached hydrogens (tertiary/aromatic N) is 1. The summed E-state index contributed by atoms with van der Waals surface area (Å²) in [6.07, 6.45) is 3.13. The number of hydrogen-bond donors (Lipinski definition) is 2. The fraction of sp³-hybridized carbons (Fsp3) is 0.385. The van der Waals surface area contributed by atoms with Gasteiger partial charge in [-0.15, -0.1) is 0 Å². The first-order valence-corrected chi connectivity index (χ1v) is 5.86. The van der Waals surface area contributed by atoms with Crippen molar-refractivity contribution in [2.75, 3.05) is 19.6 Å². The van der Waals surface area contributed by atoms with E-state index in [1.807, 2.05) is 19.1 Å². The van der Waals surface area contributed by atoms with Gasteiger partial charge < -0.3 is 10.6 Å². The Hall–Kier alpha value is -1.68. The van der Waals surface area contributed by atoms with Gasteiger partial charge in [0.05, 0.1) is 0 Å². The quantitative estimate of drug-likeness (QED) is 0.764. The zero-order chi connectivity index (χ0) is 12.1.